The van der Waals surface area contributed by atoms with Crippen molar-refractivity contribution in [3.05, 3.63) is 103 Å². The normalized spacial score (nSPS) is 11.0. The molecule has 174 valence electrons. The van der Waals surface area contributed by atoms with Crippen molar-refractivity contribution in [2.24, 2.45) is 0 Å². The van der Waals surface area contributed by atoms with Crippen LogP contribution >= 0.6 is 34.8 Å². The number of nitro groups is 1. The molecule has 0 spiro atoms. The lowest BCUT2D eigenvalue weighted by molar-refractivity contribution is -0.384. The van der Waals surface area contributed by atoms with Gasteiger partial charge in [0.05, 0.1) is 32.7 Å². The molecule has 0 bridgehead atoms. The maximum Gasteiger partial charge on any atom is 0.272 e. The number of carbonyl (C=O) groups is 2. The summed E-state index contributed by atoms with van der Waals surface area (Å²) in [6.07, 6.45) is 1.30. The first kappa shape index (κ1) is 25.0. The molecule has 2 N–H and O–H groups in total. The van der Waals surface area contributed by atoms with Crippen LogP contribution < -0.4 is 15.4 Å². The number of carbonyl (C=O) groups excluding carboxylic acids is 2. The number of benzene rings is 3. The second-order valence-corrected chi connectivity index (χ2v) is 8.01. The van der Waals surface area contributed by atoms with Crippen LogP contribution in [-0.2, 0) is 4.79 Å². The Morgan fingerprint density at radius 2 is 1.74 bits per heavy atom. The third-order valence-corrected chi connectivity index (χ3v) is 5.53. The molecule has 0 unspecified atom stereocenters. The molecule has 3 aromatic rings. The Hall–Kier alpha value is -3.59. The van der Waals surface area contributed by atoms with Crippen LogP contribution in [0.4, 0.5) is 11.4 Å². The standard InChI is InChI=1S/C23H16Cl3N3O5/c1-34-16-6-7-17(19(25)12-16)22(30)28-21(10-13-3-2-4-15(9-13)29(32)33)23(31)27-14-5-8-18(24)20(26)11-14/h2-12H,1H3,(H,27,31)(H,28,30)/b21-10+. The maximum atomic E-state index is 13.0. The molecular formula is C23H16Cl3N3O5. The molecule has 0 aliphatic carbocycles. The highest BCUT2D eigenvalue weighted by molar-refractivity contribution is 6.42. The van der Waals surface area contributed by atoms with Gasteiger partial charge in [0.15, 0.2) is 0 Å². The number of methoxy groups -OCH3 is 1. The lowest BCUT2D eigenvalue weighted by Gasteiger charge is -2.13. The average molecular weight is 521 g/mol. The fourth-order valence-electron chi connectivity index (χ4n) is 2.82. The number of nitro benzene ring substituents is 1. The quantitative estimate of drug-likeness (QED) is 0.226. The van der Waals surface area contributed by atoms with Crippen molar-refractivity contribution >= 4 is 64.1 Å². The Kier molecular flexibility index (Phi) is 8.12. The Morgan fingerprint density at radius 3 is 2.38 bits per heavy atom. The summed E-state index contributed by atoms with van der Waals surface area (Å²) in [7, 11) is 1.46. The fraction of sp³-hybridized carbons (Fsp3) is 0.0435. The van der Waals surface area contributed by atoms with Gasteiger partial charge < -0.3 is 15.4 Å². The van der Waals surface area contributed by atoms with Gasteiger partial charge in [0.25, 0.3) is 17.5 Å². The molecule has 0 aliphatic rings. The van der Waals surface area contributed by atoms with Gasteiger partial charge in [-0.05, 0) is 48.0 Å². The van der Waals surface area contributed by atoms with Crippen molar-refractivity contribution in [2.45, 2.75) is 0 Å². The molecule has 3 aromatic carbocycles. The van der Waals surface area contributed by atoms with E-state index >= 15 is 0 Å². The molecule has 0 saturated heterocycles. The number of rotatable bonds is 7. The van der Waals surface area contributed by atoms with E-state index in [-0.39, 0.29) is 27.0 Å². The largest absolute Gasteiger partial charge is 0.497 e. The Morgan fingerprint density at radius 1 is 0.971 bits per heavy atom. The molecular weight excluding hydrogens is 505 g/mol. The van der Waals surface area contributed by atoms with E-state index in [0.717, 1.165) is 0 Å². The molecule has 3 rings (SSSR count). The molecule has 0 radical (unpaired) electrons. The van der Waals surface area contributed by atoms with Crippen molar-refractivity contribution in [3.8, 4) is 5.75 Å². The van der Waals surface area contributed by atoms with E-state index < -0.39 is 16.7 Å². The topological polar surface area (TPSA) is 111 Å². The summed E-state index contributed by atoms with van der Waals surface area (Å²) < 4.78 is 5.08. The predicted octanol–water partition coefficient (Wildman–Crippen LogP) is 5.97. The van der Waals surface area contributed by atoms with Crippen LogP contribution in [0.2, 0.25) is 15.1 Å². The average Bonchev–Trinajstić information content (AvgIpc) is 2.80. The number of halogens is 3. The number of nitrogens with zero attached hydrogens (tertiary/aromatic N) is 1. The van der Waals surface area contributed by atoms with Crippen LogP contribution in [0.5, 0.6) is 5.75 Å². The van der Waals surface area contributed by atoms with E-state index in [9.17, 15) is 19.7 Å². The zero-order chi connectivity index (χ0) is 24.8. The van der Waals surface area contributed by atoms with Crippen LogP contribution in [0.1, 0.15) is 15.9 Å². The minimum atomic E-state index is -0.706. The molecule has 2 amide bonds. The van der Waals surface area contributed by atoms with Crippen LogP contribution in [0.25, 0.3) is 6.08 Å². The Balaban J connectivity index is 1.96. The maximum absolute atomic E-state index is 13.0. The van der Waals surface area contributed by atoms with Gasteiger partial charge >= 0.3 is 0 Å². The summed E-state index contributed by atoms with van der Waals surface area (Å²) in [6, 6.07) is 14.5. The summed E-state index contributed by atoms with van der Waals surface area (Å²) in [5, 5.41) is 16.9. The summed E-state index contributed by atoms with van der Waals surface area (Å²) in [5.74, 6) is -0.928. The first-order valence-corrected chi connectivity index (χ1v) is 10.7. The molecule has 0 heterocycles. The molecule has 34 heavy (non-hydrogen) atoms. The highest BCUT2D eigenvalue weighted by Crippen LogP contribution is 2.26. The van der Waals surface area contributed by atoms with E-state index in [1.54, 1.807) is 12.1 Å². The van der Waals surface area contributed by atoms with Gasteiger partial charge in [-0.25, -0.2) is 0 Å². The van der Waals surface area contributed by atoms with Crippen molar-refractivity contribution in [2.75, 3.05) is 12.4 Å². The highest BCUT2D eigenvalue weighted by Gasteiger charge is 2.18. The number of amides is 2. The summed E-state index contributed by atoms with van der Waals surface area (Å²) in [5.41, 5.74) is 0.358. The predicted molar refractivity (Wildman–Crippen MR) is 132 cm³/mol. The molecule has 11 heteroatoms. The SMILES string of the molecule is COc1ccc(C(=O)N/C(=C/c2cccc([N+](=O)[O-])c2)C(=O)Nc2ccc(Cl)c(Cl)c2)c(Cl)c1. The Labute approximate surface area is 209 Å². The first-order valence-electron chi connectivity index (χ1n) is 9.55. The number of non-ortho nitro benzene ring substituents is 1. The number of ether oxygens (including phenoxy) is 1. The lowest BCUT2D eigenvalue weighted by atomic mass is 10.1. The fourth-order valence-corrected chi connectivity index (χ4v) is 3.38. The van der Waals surface area contributed by atoms with Gasteiger partial charge in [-0.2, -0.15) is 0 Å². The smallest absolute Gasteiger partial charge is 0.272 e. The minimum Gasteiger partial charge on any atom is -0.497 e. The summed E-state index contributed by atoms with van der Waals surface area (Å²) >= 11 is 18.1. The van der Waals surface area contributed by atoms with Gasteiger partial charge in [0.1, 0.15) is 11.4 Å². The van der Waals surface area contributed by atoms with E-state index in [2.05, 4.69) is 10.6 Å². The number of hydrogen-bond acceptors (Lipinski definition) is 5. The number of nitrogens with one attached hydrogen (secondary N) is 2. The van der Waals surface area contributed by atoms with E-state index in [1.165, 1.54) is 61.7 Å². The lowest BCUT2D eigenvalue weighted by Crippen LogP contribution is -2.31. The van der Waals surface area contributed by atoms with E-state index in [1.807, 2.05) is 0 Å². The third kappa shape index (κ3) is 6.26. The van der Waals surface area contributed by atoms with Crippen LogP contribution in [0.3, 0.4) is 0 Å². The zero-order valence-corrected chi connectivity index (χ0v) is 19.7. The van der Waals surface area contributed by atoms with Crippen molar-refractivity contribution in [3.63, 3.8) is 0 Å². The van der Waals surface area contributed by atoms with Crippen molar-refractivity contribution in [1.29, 1.82) is 0 Å². The van der Waals surface area contributed by atoms with Gasteiger partial charge in [0, 0.05) is 17.8 Å². The number of hydrogen-bond donors (Lipinski definition) is 2. The molecule has 0 fully saturated rings. The Bertz CT molecular complexity index is 1310. The zero-order valence-electron chi connectivity index (χ0n) is 17.5. The number of anilines is 1. The van der Waals surface area contributed by atoms with Crippen LogP contribution in [-0.4, -0.2) is 23.8 Å². The second-order valence-electron chi connectivity index (χ2n) is 6.79. The molecule has 0 saturated carbocycles. The second kappa shape index (κ2) is 11.0. The van der Waals surface area contributed by atoms with Gasteiger partial charge in [-0.3, -0.25) is 19.7 Å². The molecule has 0 atom stereocenters. The van der Waals surface area contributed by atoms with Crippen LogP contribution in [0.15, 0.2) is 66.4 Å². The first-order chi connectivity index (χ1) is 16.2. The van der Waals surface area contributed by atoms with E-state index in [4.69, 9.17) is 39.5 Å². The molecule has 8 nitrogen and oxygen atoms in total. The van der Waals surface area contributed by atoms with Gasteiger partial charge in [0.2, 0.25) is 0 Å². The molecule has 0 aromatic heterocycles. The minimum absolute atomic E-state index is 0.0924. The third-order valence-electron chi connectivity index (χ3n) is 4.48. The van der Waals surface area contributed by atoms with Crippen molar-refractivity contribution < 1.29 is 19.2 Å². The van der Waals surface area contributed by atoms with Gasteiger partial charge in [-0.15, -0.1) is 0 Å². The van der Waals surface area contributed by atoms with Crippen LogP contribution in [0, 0.1) is 10.1 Å². The monoisotopic (exact) mass is 519 g/mol. The highest BCUT2D eigenvalue weighted by atomic mass is 35.5. The van der Waals surface area contributed by atoms with Gasteiger partial charge in [-0.1, -0.05) is 46.9 Å². The molecule has 0 aliphatic heterocycles. The summed E-state index contributed by atoms with van der Waals surface area (Å²) in [4.78, 5) is 36.5. The summed E-state index contributed by atoms with van der Waals surface area (Å²) in [6.45, 7) is 0. The van der Waals surface area contributed by atoms with Crippen molar-refractivity contribution in [1.82, 2.24) is 5.32 Å². The van der Waals surface area contributed by atoms with E-state index in [0.29, 0.717) is 22.0 Å².